The first-order valence-electron chi connectivity index (χ1n) is 6.91. The summed E-state index contributed by atoms with van der Waals surface area (Å²) in [5.41, 5.74) is 7.68. The van der Waals surface area contributed by atoms with Crippen LogP contribution in [0, 0.1) is 0 Å². The molecule has 0 bridgehead atoms. The summed E-state index contributed by atoms with van der Waals surface area (Å²) < 4.78 is 6.83. The maximum Gasteiger partial charge on any atom is 0.404 e. The summed E-state index contributed by atoms with van der Waals surface area (Å²) >= 11 is 6.01. The Morgan fingerprint density at radius 2 is 2.14 bits per heavy atom. The molecule has 114 valence electrons. The van der Waals surface area contributed by atoms with E-state index in [4.69, 9.17) is 22.1 Å². The van der Waals surface area contributed by atoms with E-state index in [1.807, 2.05) is 24.3 Å². The maximum absolute atomic E-state index is 10.6. The molecule has 0 unspecified atom stereocenters. The van der Waals surface area contributed by atoms with E-state index in [0.717, 1.165) is 27.8 Å². The van der Waals surface area contributed by atoms with Gasteiger partial charge in [-0.1, -0.05) is 18.2 Å². The Morgan fingerprint density at radius 1 is 1.32 bits per heavy atom. The number of primary amides is 1. The molecular formula is C15H15ClN4O2. The summed E-state index contributed by atoms with van der Waals surface area (Å²) in [7, 11) is 0. The molecule has 6 nitrogen and oxygen atoms in total. The minimum absolute atomic E-state index is 0.264. The number of aryl methyl sites for hydroxylation is 1. The first-order chi connectivity index (χ1) is 10.7. The Balaban J connectivity index is 2.02. The standard InChI is InChI=1S/C15H15ClN4O2/c16-8-13-19-12-9-18-11-5-2-1-4-10(11)14(12)20(13)6-3-7-22-15(17)21/h1-2,4-5,9H,3,6-8H2,(H2,17,21). The number of ether oxygens (including phenoxy) is 1. The zero-order valence-electron chi connectivity index (χ0n) is 11.8. The SMILES string of the molecule is NC(=O)OCCCn1c(CCl)nc2cnc3ccccc3c21. The summed E-state index contributed by atoms with van der Waals surface area (Å²) in [6.07, 6.45) is 1.63. The van der Waals surface area contributed by atoms with E-state index < -0.39 is 6.09 Å². The molecule has 3 rings (SSSR count). The van der Waals surface area contributed by atoms with Crippen molar-refractivity contribution in [1.29, 1.82) is 0 Å². The van der Waals surface area contributed by atoms with Gasteiger partial charge in [-0.3, -0.25) is 4.98 Å². The molecule has 22 heavy (non-hydrogen) atoms. The Hall–Kier alpha value is -2.34. The van der Waals surface area contributed by atoms with Crippen LogP contribution in [0.3, 0.4) is 0 Å². The van der Waals surface area contributed by atoms with Crippen molar-refractivity contribution < 1.29 is 9.53 Å². The number of rotatable bonds is 5. The molecular weight excluding hydrogens is 304 g/mol. The molecule has 2 heterocycles. The second-order valence-electron chi connectivity index (χ2n) is 4.84. The van der Waals surface area contributed by atoms with Crippen LogP contribution in [0.5, 0.6) is 0 Å². The number of imidazole rings is 1. The Kier molecular flexibility index (Phi) is 4.11. The van der Waals surface area contributed by atoms with Gasteiger partial charge in [0.25, 0.3) is 0 Å². The van der Waals surface area contributed by atoms with Gasteiger partial charge in [0.1, 0.15) is 11.3 Å². The largest absolute Gasteiger partial charge is 0.450 e. The van der Waals surface area contributed by atoms with E-state index in [2.05, 4.69) is 14.5 Å². The molecule has 3 aromatic rings. The molecule has 0 aliphatic rings. The average molecular weight is 319 g/mol. The zero-order chi connectivity index (χ0) is 15.5. The van der Waals surface area contributed by atoms with Gasteiger partial charge in [-0.05, 0) is 12.5 Å². The molecule has 1 amide bonds. The highest BCUT2D eigenvalue weighted by Crippen LogP contribution is 2.25. The minimum atomic E-state index is -0.761. The van der Waals surface area contributed by atoms with Crippen LogP contribution in [0.2, 0.25) is 0 Å². The lowest BCUT2D eigenvalue weighted by Crippen LogP contribution is -2.15. The van der Waals surface area contributed by atoms with Gasteiger partial charge in [0.2, 0.25) is 0 Å². The smallest absolute Gasteiger partial charge is 0.404 e. The summed E-state index contributed by atoms with van der Waals surface area (Å²) in [5, 5.41) is 1.03. The lowest BCUT2D eigenvalue weighted by atomic mass is 10.2. The van der Waals surface area contributed by atoms with E-state index in [9.17, 15) is 4.79 Å². The number of halogens is 1. The number of fused-ring (bicyclic) bond motifs is 3. The highest BCUT2D eigenvalue weighted by atomic mass is 35.5. The third kappa shape index (κ3) is 2.69. The summed E-state index contributed by atoms with van der Waals surface area (Å²) in [6, 6.07) is 7.89. The highest BCUT2D eigenvalue weighted by molar-refractivity contribution is 6.17. The van der Waals surface area contributed by atoms with Gasteiger partial charge in [0.15, 0.2) is 0 Å². The quantitative estimate of drug-likeness (QED) is 0.579. The number of aromatic nitrogens is 3. The molecule has 7 heteroatoms. The number of hydrogen-bond donors (Lipinski definition) is 1. The molecule has 0 atom stereocenters. The fourth-order valence-corrected chi connectivity index (χ4v) is 2.75. The third-order valence-corrected chi connectivity index (χ3v) is 3.69. The molecule has 2 aromatic heterocycles. The maximum atomic E-state index is 10.6. The van der Waals surface area contributed by atoms with Gasteiger partial charge in [0.05, 0.1) is 29.7 Å². The van der Waals surface area contributed by atoms with Crippen molar-refractivity contribution in [3.63, 3.8) is 0 Å². The number of nitrogens with two attached hydrogens (primary N) is 1. The topological polar surface area (TPSA) is 83.0 Å². The summed E-state index contributed by atoms with van der Waals surface area (Å²) in [5.74, 6) is 1.08. The summed E-state index contributed by atoms with van der Waals surface area (Å²) in [6.45, 7) is 0.902. The molecule has 0 radical (unpaired) electrons. The number of amides is 1. The van der Waals surface area contributed by atoms with Crippen molar-refractivity contribution in [2.24, 2.45) is 5.73 Å². The van der Waals surface area contributed by atoms with E-state index in [1.54, 1.807) is 6.20 Å². The Morgan fingerprint density at radius 3 is 2.91 bits per heavy atom. The van der Waals surface area contributed by atoms with Gasteiger partial charge >= 0.3 is 6.09 Å². The number of nitrogens with zero attached hydrogens (tertiary/aromatic N) is 3. The molecule has 0 aliphatic heterocycles. The molecule has 0 saturated heterocycles. The van der Waals surface area contributed by atoms with E-state index in [-0.39, 0.29) is 6.61 Å². The molecule has 0 fully saturated rings. The molecule has 0 spiro atoms. The number of para-hydroxylation sites is 1. The van der Waals surface area contributed by atoms with Gasteiger partial charge in [-0.2, -0.15) is 0 Å². The Bertz CT molecular complexity index is 831. The van der Waals surface area contributed by atoms with Crippen LogP contribution in [0.15, 0.2) is 30.5 Å². The molecule has 0 aliphatic carbocycles. The van der Waals surface area contributed by atoms with Crippen LogP contribution in [-0.4, -0.2) is 27.2 Å². The fraction of sp³-hybridized carbons (Fsp3) is 0.267. The number of carbonyl (C=O) groups excluding carboxylic acids is 1. The van der Waals surface area contributed by atoms with Gasteiger partial charge in [-0.15, -0.1) is 11.6 Å². The average Bonchev–Trinajstić information content (AvgIpc) is 2.89. The predicted octanol–water partition coefficient (Wildman–Crippen LogP) is 2.81. The minimum Gasteiger partial charge on any atom is -0.450 e. The number of alkyl halides is 1. The number of hydrogen-bond acceptors (Lipinski definition) is 4. The van der Waals surface area contributed by atoms with Crippen molar-refractivity contribution in [1.82, 2.24) is 14.5 Å². The first-order valence-corrected chi connectivity index (χ1v) is 7.45. The predicted molar refractivity (Wildman–Crippen MR) is 84.7 cm³/mol. The van der Waals surface area contributed by atoms with Crippen LogP contribution in [0.4, 0.5) is 4.79 Å². The van der Waals surface area contributed by atoms with Crippen LogP contribution in [0.25, 0.3) is 21.9 Å². The second-order valence-corrected chi connectivity index (χ2v) is 5.11. The van der Waals surface area contributed by atoms with Crippen LogP contribution >= 0.6 is 11.6 Å². The zero-order valence-corrected chi connectivity index (χ0v) is 12.6. The van der Waals surface area contributed by atoms with Gasteiger partial charge in [-0.25, -0.2) is 9.78 Å². The number of pyridine rings is 1. The second kappa shape index (κ2) is 6.19. The van der Waals surface area contributed by atoms with Crippen molar-refractivity contribution in [3.8, 4) is 0 Å². The lowest BCUT2D eigenvalue weighted by molar-refractivity contribution is 0.154. The van der Waals surface area contributed by atoms with E-state index in [0.29, 0.717) is 18.8 Å². The normalized spacial score (nSPS) is 11.1. The molecule has 2 N–H and O–H groups in total. The van der Waals surface area contributed by atoms with Crippen molar-refractivity contribution in [2.75, 3.05) is 6.61 Å². The number of benzene rings is 1. The van der Waals surface area contributed by atoms with Crippen LogP contribution in [-0.2, 0) is 17.2 Å². The van der Waals surface area contributed by atoms with E-state index >= 15 is 0 Å². The monoisotopic (exact) mass is 318 g/mol. The van der Waals surface area contributed by atoms with Crippen molar-refractivity contribution in [2.45, 2.75) is 18.8 Å². The van der Waals surface area contributed by atoms with Gasteiger partial charge < -0.3 is 15.0 Å². The first kappa shape index (κ1) is 14.6. The fourth-order valence-electron chi connectivity index (χ4n) is 2.55. The van der Waals surface area contributed by atoms with Crippen LogP contribution < -0.4 is 5.73 Å². The summed E-state index contributed by atoms with van der Waals surface area (Å²) in [4.78, 5) is 19.6. The molecule has 1 aromatic carbocycles. The third-order valence-electron chi connectivity index (χ3n) is 3.45. The van der Waals surface area contributed by atoms with Crippen molar-refractivity contribution in [3.05, 3.63) is 36.3 Å². The van der Waals surface area contributed by atoms with E-state index in [1.165, 1.54) is 0 Å². The van der Waals surface area contributed by atoms with Crippen LogP contribution in [0.1, 0.15) is 12.2 Å². The lowest BCUT2D eigenvalue weighted by Gasteiger charge is -2.09. The molecule has 0 saturated carbocycles. The number of carbonyl (C=O) groups is 1. The van der Waals surface area contributed by atoms with Gasteiger partial charge in [0, 0.05) is 11.9 Å². The highest BCUT2D eigenvalue weighted by Gasteiger charge is 2.13. The Labute approximate surface area is 131 Å². The van der Waals surface area contributed by atoms with Crippen molar-refractivity contribution >= 4 is 39.6 Å².